The predicted molar refractivity (Wildman–Crippen MR) is 166 cm³/mol. The van der Waals surface area contributed by atoms with Gasteiger partial charge in [-0.15, -0.1) is 0 Å². The van der Waals surface area contributed by atoms with E-state index in [1.54, 1.807) is 24.3 Å². The predicted octanol–water partition coefficient (Wildman–Crippen LogP) is 8.22. The fraction of sp³-hybridized carbons (Fsp3) is 0.281. The van der Waals surface area contributed by atoms with Crippen molar-refractivity contribution in [2.75, 3.05) is 28.7 Å². The molecule has 2 aromatic carbocycles. The van der Waals surface area contributed by atoms with Gasteiger partial charge in [0.1, 0.15) is 6.73 Å². The van der Waals surface area contributed by atoms with Gasteiger partial charge in [0.15, 0.2) is 0 Å². The van der Waals surface area contributed by atoms with Crippen LogP contribution in [0.2, 0.25) is 0 Å². The number of ether oxygens (including phenoxy) is 1. The van der Waals surface area contributed by atoms with Crippen molar-refractivity contribution in [1.29, 1.82) is 0 Å². The molecule has 1 aliphatic rings. The first-order valence-corrected chi connectivity index (χ1v) is 14.2. The molecule has 204 valence electrons. The highest BCUT2D eigenvalue weighted by molar-refractivity contribution is 8.00. The van der Waals surface area contributed by atoms with Crippen LogP contribution in [0.3, 0.4) is 0 Å². The second kappa shape index (κ2) is 15.0. The van der Waals surface area contributed by atoms with Gasteiger partial charge < -0.3 is 10.1 Å². The van der Waals surface area contributed by atoms with Crippen LogP contribution in [0.25, 0.3) is 22.2 Å². The first kappa shape index (κ1) is 29.9. The van der Waals surface area contributed by atoms with Crippen molar-refractivity contribution >= 4 is 40.1 Å². The third-order valence-electron chi connectivity index (χ3n) is 6.02. The highest BCUT2D eigenvalue weighted by Crippen LogP contribution is 2.29. The molecule has 1 fully saturated rings. The van der Waals surface area contributed by atoms with Crippen molar-refractivity contribution in [3.05, 3.63) is 95.8 Å². The number of carbonyl (C=O) groups excluding carboxylic acids is 1. The van der Waals surface area contributed by atoms with Crippen LogP contribution in [0, 0.1) is 13.8 Å². The molecule has 0 atom stereocenters. The lowest BCUT2D eigenvalue weighted by atomic mass is 10.0. The minimum Gasteiger partial charge on any atom is -0.359 e. The van der Waals surface area contributed by atoms with Crippen molar-refractivity contribution in [2.45, 2.75) is 41.5 Å². The maximum absolute atomic E-state index is 13.1. The van der Waals surface area contributed by atoms with E-state index in [2.05, 4.69) is 14.6 Å². The standard InChI is InChI=1S/C26H24N4O2S.C4H8.C2H6/c1-17-3-5-20(14-23(17)25-8-4-19-15-27-10-9-24(19)29-25)28-26(31)22-7-6-21(13-18(22)2)30-16-32-11-12-33-30;1-3-4-2;1-2/h3-10,13-15H,11-12,16H2,1-2H3,(H,28,31);3-4H,1-2H3;1-2H3/b;4-3-;. The number of fused-ring (bicyclic) bond motifs is 1. The second-order valence-corrected chi connectivity index (χ2v) is 9.77. The number of allylic oxidation sites excluding steroid dienone is 2. The summed E-state index contributed by atoms with van der Waals surface area (Å²) < 4.78 is 7.64. The number of hydrogen-bond acceptors (Lipinski definition) is 6. The minimum absolute atomic E-state index is 0.131. The topological polar surface area (TPSA) is 67.3 Å². The molecule has 0 spiro atoms. The summed E-state index contributed by atoms with van der Waals surface area (Å²) in [5, 5.41) is 4.05. The number of aromatic nitrogens is 2. The van der Waals surface area contributed by atoms with Crippen LogP contribution in [0.15, 0.2) is 79.1 Å². The molecule has 0 unspecified atom stereocenters. The Balaban J connectivity index is 0.000000644. The van der Waals surface area contributed by atoms with Crippen molar-refractivity contribution in [1.82, 2.24) is 9.97 Å². The Morgan fingerprint density at radius 1 is 1.00 bits per heavy atom. The van der Waals surface area contributed by atoms with E-state index in [0.717, 1.165) is 57.0 Å². The minimum atomic E-state index is -0.131. The molecule has 39 heavy (non-hydrogen) atoms. The molecule has 0 saturated carbocycles. The SMILES string of the molecule is C/C=C\C.CC.Cc1cc(N2COCCS2)ccc1C(=O)Nc1ccc(C)c(-c2ccc3cnccc3n2)c1. The van der Waals surface area contributed by atoms with Crippen LogP contribution in [0.1, 0.15) is 49.2 Å². The average molecular weight is 543 g/mol. The average Bonchev–Trinajstić information content (AvgIpc) is 2.99. The zero-order valence-electron chi connectivity index (χ0n) is 23.7. The molecule has 1 amide bonds. The van der Waals surface area contributed by atoms with Crippen molar-refractivity contribution < 1.29 is 9.53 Å². The number of nitrogens with zero attached hydrogens (tertiary/aromatic N) is 3. The number of rotatable bonds is 4. The molecule has 1 aliphatic heterocycles. The summed E-state index contributed by atoms with van der Waals surface area (Å²) in [5.74, 6) is 0.800. The van der Waals surface area contributed by atoms with E-state index in [9.17, 15) is 4.79 Å². The fourth-order valence-corrected chi connectivity index (χ4v) is 4.71. The van der Waals surface area contributed by atoms with E-state index < -0.39 is 0 Å². The molecule has 7 heteroatoms. The summed E-state index contributed by atoms with van der Waals surface area (Å²) in [5.41, 5.74) is 7.20. The van der Waals surface area contributed by atoms with Gasteiger partial charge in [-0.1, -0.05) is 32.1 Å². The molecule has 6 nitrogen and oxygen atoms in total. The van der Waals surface area contributed by atoms with E-state index >= 15 is 0 Å². The van der Waals surface area contributed by atoms with Crippen molar-refractivity contribution in [2.24, 2.45) is 0 Å². The van der Waals surface area contributed by atoms with Gasteiger partial charge in [0.25, 0.3) is 5.91 Å². The van der Waals surface area contributed by atoms with E-state index in [1.807, 2.05) is 108 Å². The number of carbonyl (C=O) groups is 1. The fourth-order valence-electron chi connectivity index (χ4n) is 3.89. The lowest BCUT2D eigenvalue weighted by molar-refractivity contribution is 0.102. The largest absolute Gasteiger partial charge is 0.359 e. The number of anilines is 2. The first-order chi connectivity index (χ1) is 19.0. The van der Waals surface area contributed by atoms with Gasteiger partial charge >= 0.3 is 0 Å². The maximum Gasteiger partial charge on any atom is 0.255 e. The van der Waals surface area contributed by atoms with Gasteiger partial charge in [-0.3, -0.25) is 14.1 Å². The normalized spacial score (nSPS) is 12.8. The molecule has 1 saturated heterocycles. The maximum atomic E-state index is 13.1. The van der Waals surface area contributed by atoms with E-state index in [0.29, 0.717) is 12.3 Å². The van der Waals surface area contributed by atoms with Gasteiger partial charge in [-0.2, -0.15) is 0 Å². The molecule has 0 bridgehead atoms. The number of hydrogen-bond donors (Lipinski definition) is 1. The molecule has 5 rings (SSSR count). The molecule has 3 heterocycles. The molecule has 0 radical (unpaired) electrons. The van der Waals surface area contributed by atoms with Crippen LogP contribution in [0.4, 0.5) is 11.4 Å². The summed E-state index contributed by atoms with van der Waals surface area (Å²) in [4.78, 5) is 22.0. The lowest BCUT2D eigenvalue weighted by Crippen LogP contribution is -2.26. The quantitative estimate of drug-likeness (QED) is 0.207. The van der Waals surface area contributed by atoms with Crippen LogP contribution < -0.4 is 9.62 Å². The number of nitrogens with one attached hydrogen (secondary N) is 1. The number of amides is 1. The molecule has 4 aromatic rings. The highest BCUT2D eigenvalue weighted by Gasteiger charge is 2.16. The smallest absolute Gasteiger partial charge is 0.255 e. The second-order valence-electron chi connectivity index (χ2n) is 8.66. The van der Waals surface area contributed by atoms with E-state index in [4.69, 9.17) is 9.72 Å². The molecule has 2 aromatic heterocycles. The van der Waals surface area contributed by atoms with Crippen LogP contribution in [0.5, 0.6) is 0 Å². The zero-order valence-corrected chi connectivity index (χ0v) is 24.5. The lowest BCUT2D eigenvalue weighted by Gasteiger charge is -2.27. The Hall–Kier alpha value is -3.68. The van der Waals surface area contributed by atoms with Gasteiger partial charge in [-0.05, 0) is 99.3 Å². The molecule has 1 N–H and O–H groups in total. The first-order valence-electron chi connectivity index (χ1n) is 13.3. The molecular weight excluding hydrogens is 504 g/mol. The third kappa shape index (κ3) is 7.91. The summed E-state index contributed by atoms with van der Waals surface area (Å²) in [6.45, 7) is 13.3. The van der Waals surface area contributed by atoms with Crippen molar-refractivity contribution in [3.8, 4) is 11.3 Å². The summed E-state index contributed by atoms with van der Waals surface area (Å²) >= 11 is 1.74. The highest BCUT2D eigenvalue weighted by atomic mass is 32.2. The molecular formula is C32H38N4O2S. The van der Waals surface area contributed by atoms with Gasteiger partial charge in [0, 0.05) is 46.0 Å². The molecule has 0 aliphatic carbocycles. The van der Waals surface area contributed by atoms with Crippen molar-refractivity contribution in [3.63, 3.8) is 0 Å². The van der Waals surface area contributed by atoms with E-state index in [1.165, 1.54) is 0 Å². The number of benzene rings is 2. The Morgan fingerprint density at radius 3 is 2.49 bits per heavy atom. The van der Waals surface area contributed by atoms with Crippen LogP contribution in [-0.2, 0) is 4.74 Å². The number of aryl methyl sites for hydroxylation is 2. The zero-order chi connectivity index (χ0) is 28.2. The Bertz CT molecular complexity index is 1410. The van der Waals surface area contributed by atoms with Gasteiger partial charge in [0.2, 0.25) is 0 Å². The number of pyridine rings is 2. The Morgan fingerprint density at radius 2 is 1.79 bits per heavy atom. The van der Waals surface area contributed by atoms with Crippen LogP contribution >= 0.6 is 11.9 Å². The monoisotopic (exact) mass is 542 g/mol. The van der Waals surface area contributed by atoms with Gasteiger partial charge in [0.05, 0.1) is 17.8 Å². The van der Waals surface area contributed by atoms with E-state index in [-0.39, 0.29) is 5.91 Å². The van der Waals surface area contributed by atoms with Gasteiger partial charge in [-0.25, -0.2) is 4.98 Å². The summed E-state index contributed by atoms with van der Waals surface area (Å²) in [6, 6.07) is 17.7. The summed E-state index contributed by atoms with van der Waals surface area (Å²) in [7, 11) is 0. The van der Waals surface area contributed by atoms with Crippen LogP contribution in [-0.4, -0.2) is 35.0 Å². The summed E-state index contributed by atoms with van der Waals surface area (Å²) in [6.07, 6.45) is 7.55. The Labute approximate surface area is 236 Å². The third-order valence-corrected chi connectivity index (χ3v) is 7.00. The Kier molecular flexibility index (Phi) is 11.5.